The van der Waals surface area contributed by atoms with Gasteiger partial charge in [0, 0.05) is 81.4 Å². The van der Waals surface area contributed by atoms with E-state index >= 15 is 0 Å². The van der Waals surface area contributed by atoms with Crippen LogP contribution in [0.5, 0.6) is 0 Å². The molecular weight excluding hydrogens is 1700 g/mol. The van der Waals surface area contributed by atoms with Crippen LogP contribution in [-0.4, -0.2) is 342 Å². The third kappa shape index (κ3) is 24.4. The van der Waals surface area contributed by atoms with Crippen molar-refractivity contribution < 1.29 is 236 Å². The van der Waals surface area contributed by atoms with E-state index in [1.807, 2.05) is 0 Å². The van der Waals surface area contributed by atoms with Crippen LogP contribution >= 0.6 is 141 Å². The number of hydrogen-bond acceptors (Lipinski definition) is 42. The minimum absolute atomic E-state index is 0. The van der Waals surface area contributed by atoms with Crippen molar-refractivity contribution in [1.29, 1.82) is 0 Å². The average molecular weight is 1790 g/mol. The van der Waals surface area contributed by atoms with Gasteiger partial charge in [-0.15, -0.1) is 141 Å². The Kier molecular flexibility index (Phi) is 44.8. The molecule has 0 aliphatic carbocycles. The molecule has 3 aromatic carbocycles. The van der Waals surface area contributed by atoms with Crippen LogP contribution in [0, 0.1) is 0 Å². The summed E-state index contributed by atoms with van der Waals surface area (Å²) >= 11 is 13.0. The maximum atomic E-state index is 14.8. The average Bonchev–Trinajstić information content (AvgIpc) is 1.54. The molecule has 0 spiro atoms. The molecule has 0 atom stereocenters. The molecule has 9 rings (SSSR count). The maximum absolute atomic E-state index is 14.8. The van der Waals surface area contributed by atoms with E-state index in [9.17, 15) is 91.0 Å². The SMILES string of the molecule is O=C([O-])c1c2c(c(C(c3c4c(c(C(=O)[O-])c5c3SC(COCCO)(COCCO)S5)SC(COCCO)(COCCO)S4)c3c4c(c(C(=O)[O-])c5c3SC(COCCO)(COCCO)S5)SC(COCCO)(COCCO)S4)c3c1SC(COCCO)(COCCO)S3)SC(COCCO)(COCCO)S2.[Na+].[Na+].[Na+]. The number of carboxylic acids is 3. The molecule has 0 fully saturated rings. The van der Waals surface area contributed by atoms with Gasteiger partial charge < -0.3 is 148 Å². The largest absolute Gasteiger partial charge is 1.00 e. The summed E-state index contributed by atoms with van der Waals surface area (Å²) in [6, 6.07) is 0. The van der Waals surface area contributed by atoms with Crippen molar-refractivity contribution in [2.75, 3.05) is 238 Å². The second kappa shape index (κ2) is 48.8. The summed E-state index contributed by atoms with van der Waals surface area (Å²) in [6.45, 7) is -10.8. The molecular formula is C64H85Na3O30S12. The number of carbonyl (C=O) groups excluding carboxylic acids is 3. The third-order valence-electron chi connectivity index (χ3n) is 15.7. The first kappa shape index (κ1) is 100. The topological polar surface area (TPSA) is 474 Å². The molecule has 0 aromatic heterocycles. The second-order valence-electron chi connectivity index (χ2n) is 23.6. The van der Waals surface area contributed by atoms with Crippen molar-refractivity contribution in [3.63, 3.8) is 0 Å². The molecule has 0 saturated heterocycles. The molecule has 0 radical (unpaired) electrons. The van der Waals surface area contributed by atoms with Gasteiger partial charge in [0.1, 0.15) is 24.5 Å². The summed E-state index contributed by atoms with van der Waals surface area (Å²) in [7, 11) is 0. The number of aromatic carboxylic acids is 3. The maximum Gasteiger partial charge on any atom is 1.00 e. The fraction of sp³-hybridized carbons (Fsp3) is 0.672. The third-order valence-corrected chi connectivity index (χ3v) is 34.2. The molecule has 12 N–H and O–H groups in total. The van der Waals surface area contributed by atoms with Crippen LogP contribution in [0.2, 0.25) is 0 Å². The van der Waals surface area contributed by atoms with E-state index in [-0.39, 0.29) is 323 Å². The number of aliphatic hydroxyl groups is 12. The Hall–Kier alpha value is 2.31. The minimum Gasteiger partial charge on any atom is -0.545 e. The monoisotopic (exact) mass is 1790 g/mol. The van der Waals surface area contributed by atoms with Crippen molar-refractivity contribution >= 4 is 159 Å². The Bertz CT molecular complexity index is 2870. The smallest absolute Gasteiger partial charge is 0.545 e. The molecule has 6 aliphatic heterocycles. The zero-order chi connectivity index (χ0) is 76.1. The van der Waals surface area contributed by atoms with E-state index < -0.39 is 128 Å². The Morgan fingerprint density at radius 3 is 0.440 bits per heavy atom. The number of rotatable bonds is 54. The Balaban J connectivity index is 0.00000619. The number of thioether (sulfide) groups is 12. The van der Waals surface area contributed by atoms with Gasteiger partial charge in [-0.25, -0.2) is 0 Å². The Morgan fingerprint density at radius 1 is 0.229 bits per heavy atom. The number of carboxylic acid groups (broad SMARTS) is 3. The van der Waals surface area contributed by atoms with Crippen LogP contribution in [0.25, 0.3) is 0 Å². The molecule has 109 heavy (non-hydrogen) atoms. The zero-order valence-corrected chi connectivity index (χ0v) is 75.9. The van der Waals surface area contributed by atoms with Crippen LogP contribution in [0.4, 0.5) is 0 Å². The Labute approximate surface area is 747 Å². The first-order valence-corrected chi connectivity index (χ1v) is 43.0. The van der Waals surface area contributed by atoms with Gasteiger partial charge in [0.15, 0.2) is 0 Å². The molecule has 3 aromatic rings. The summed E-state index contributed by atoms with van der Waals surface area (Å²) in [4.78, 5) is 46.3. The number of carbonyl (C=O) groups is 3. The molecule has 0 bridgehead atoms. The molecule has 6 aliphatic rings. The van der Waals surface area contributed by atoms with Gasteiger partial charge in [0.25, 0.3) is 0 Å². The molecule has 0 unspecified atom stereocenters. The second-order valence-corrected chi connectivity index (χ2v) is 41.9. The summed E-state index contributed by atoms with van der Waals surface area (Å²) in [6.07, 6.45) is 0. The van der Waals surface area contributed by atoms with E-state index in [2.05, 4.69) is 0 Å². The van der Waals surface area contributed by atoms with Crippen molar-refractivity contribution in [3.05, 3.63) is 33.4 Å². The first-order chi connectivity index (χ1) is 51.3. The summed E-state index contributed by atoms with van der Waals surface area (Å²) in [5.74, 6) is -6.48. The van der Waals surface area contributed by atoms with Gasteiger partial charge in [0.05, 0.1) is 256 Å². The fourth-order valence-electron chi connectivity index (χ4n) is 11.8. The predicted octanol–water partition coefficient (Wildman–Crippen LogP) is -9.56. The molecule has 596 valence electrons. The van der Waals surface area contributed by atoms with Crippen LogP contribution in [0.3, 0.4) is 0 Å². The molecule has 0 amide bonds. The van der Waals surface area contributed by atoms with Crippen LogP contribution < -0.4 is 104 Å². The number of aliphatic hydroxyl groups excluding tert-OH is 12. The summed E-state index contributed by atoms with van der Waals surface area (Å²) in [5.41, 5.74) is -0.0898. The Morgan fingerprint density at radius 2 is 0.339 bits per heavy atom. The van der Waals surface area contributed by atoms with Gasteiger partial charge >= 0.3 is 88.7 Å². The van der Waals surface area contributed by atoms with E-state index in [0.717, 1.165) is 141 Å². The quantitative estimate of drug-likeness (QED) is 0.0142. The molecule has 6 heterocycles. The van der Waals surface area contributed by atoms with E-state index in [1.54, 1.807) is 0 Å². The summed E-state index contributed by atoms with van der Waals surface area (Å²) in [5, 5.41) is 168. The molecule has 45 heteroatoms. The van der Waals surface area contributed by atoms with Gasteiger partial charge in [0.2, 0.25) is 0 Å². The first-order valence-electron chi connectivity index (χ1n) is 33.2. The number of benzene rings is 3. The van der Waals surface area contributed by atoms with Crippen LogP contribution in [0.15, 0.2) is 58.7 Å². The number of ether oxygens (including phenoxy) is 12. The van der Waals surface area contributed by atoms with Crippen molar-refractivity contribution in [3.8, 4) is 0 Å². The van der Waals surface area contributed by atoms with E-state index in [4.69, 9.17) is 56.8 Å². The van der Waals surface area contributed by atoms with Gasteiger partial charge in [-0.05, 0) is 16.7 Å². The van der Waals surface area contributed by atoms with Crippen molar-refractivity contribution in [2.45, 2.75) is 89.1 Å². The number of fused-ring (bicyclic) bond motifs is 6. The number of hydrogen-bond donors (Lipinski definition) is 12. The molecule has 0 saturated carbocycles. The van der Waals surface area contributed by atoms with E-state index in [1.165, 1.54) is 0 Å². The normalized spacial score (nSPS) is 17.4. The van der Waals surface area contributed by atoms with Gasteiger partial charge in [-0.1, -0.05) is 0 Å². The van der Waals surface area contributed by atoms with E-state index in [0.29, 0.717) is 16.7 Å². The summed E-state index contributed by atoms with van der Waals surface area (Å²) < 4.78 is 66.2. The zero-order valence-electron chi connectivity index (χ0n) is 60.1. The van der Waals surface area contributed by atoms with Gasteiger partial charge in [-0.3, -0.25) is 0 Å². The van der Waals surface area contributed by atoms with Gasteiger partial charge in [-0.2, -0.15) is 0 Å². The minimum atomic E-state index is -1.65. The van der Waals surface area contributed by atoms with Crippen LogP contribution in [-0.2, 0) is 56.8 Å². The van der Waals surface area contributed by atoms with Crippen molar-refractivity contribution in [1.82, 2.24) is 0 Å². The van der Waals surface area contributed by atoms with Crippen molar-refractivity contribution in [2.24, 2.45) is 0 Å². The predicted molar refractivity (Wildman–Crippen MR) is 395 cm³/mol. The standard InChI is InChI=1S/C64H88O30S12.3Na/c65-1-13-83-25-59(26-84-14-2-66)95-44-38(45-51(41(56(77)78)50(44)101-59)102-60(96-45,27-85-15-3-67)28-86-16-4-68)37(39-46-52(103-61(97-46,29-87-17-5-69)30-88-18-6-70)42(57(79)80)53-47(39)98-62(104-53,31-89-19-7-71)32-90-20-8-72)40-48-54(105-63(99-48,33-91-21-9-73)34-92-22-10-74)43(58(81)82)55-49(40)100-64(106-55,35-93-23-11-75)36-94-24-12-76;;;/h37,65-76H,1-36H2,(H,77,78)(H,79,80)(H,81,82);;;/q;3*+1/p-3. The van der Waals surface area contributed by atoms with Crippen LogP contribution in [0.1, 0.15) is 53.7 Å². The fourth-order valence-corrected chi connectivity index (χ4v) is 31.7. The molecule has 30 nitrogen and oxygen atoms in total.